The van der Waals surface area contributed by atoms with Crippen molar-refractivity contribution in [1.29, 1.82) is 0 Å². The monoisotopic (exact) mass is 254 g/mol. The maximum atomic E-state index is 5.57. The predicted octanol–water partition coefficient (Wildman–Crippen LogP) is 1.71. The van der Waals surface area contributed by atoms with Crippen LogP contribution in [0.25, 0.3) is 16.8 Å². The van der Waals surface area contributed by atoms with Crippen LogP contribution in [0, 0.1) is 0 Å². The number of aromatic nitrogens is 3. The van der Waals surface area contributed by atoms with Crippen LogP contribution < -0.4 is 15.2 Å². The molecule has 2 aromatic heterocycles. The molecule has 4 rings (SSSR count). The van der Waals surface area contributed by atoms with Crippen molar-refractivity contribution in [2.75, 3.05) is 12.5 Å². The van der Waals surface area contributed by atoms with E-state index < -0.39 is 0 Å². The van der Waals surface area contributed by atoms with Gasteiger partial charge >= 0.3 is 0 Å². The Hall–Kier alpha value is -2.76. The van der Waals surface area contributed by atoms with Crippen LogP contribution in [-0.2, 0) is 0 Å². The summed E-state index contributed by atoms with van der Waals surface area (Å²) in [6, 6.07) is 9.73. The highest BCUT2D eigenvalue weighted by atomic mass is 16.7. The van der Waals surface area contributed by atoms with Gasteiger partial charge in [0.25, 0.3) is 0 Å². The Morgan fingerprint density at radius 2 is 1.89 bits per heavy atom. The molecule has 0 spiro atoms. The minimum atomic E-state index is 0.267. The van der Waals surface area contributed by atoms with E-state index in [-0.39, 0.29) is 12.7 Å². The number of fused-ring (bicyclic) bond motifs is 2. The zero-order chi connectivity index (χ0) is 12.8. The molecule has 3 heterocycles. The summed E-state index contributed by atoms with van der Waals surface area (Å²) in [7, 11) is 0. The van der Waals surface area contributed by atoms with E-state index in [1.165, 1.54) is 0 Å². The fourth-order valence-corrected chi connectivity index (χ4v) is 2.15. The molecule has 0 radical (unpaired) electrons. The number of nitrogens with two attached hydrogens (primary N) is 1. The van der Waals surface area contributed by atoms with Crippen molar-refractivity contribution < 1.29 is 9.47 Å². The van der Waals surface area contributed by atoms with Crippen molar-refractivity contribution in [3.8, 4) is 22.6 Å². The molecular formula is C13H10N4O2. The van der Waals surface area contributed by atoms with Crippen LogP contribution in [0.3, 0.4) is 0 Å². The highest BCUT2D eigenvalue weighted by Crippen LogP contribution is 2.35. The average Bonchev–Trinajstić information content (AvgIpc) is 3.01. The Morgan fingerprint density at radius 3 is 2.84 bits per heavy atom. The maximum absolute atomic E-state index is 5.57. The highest BCUT2D eigenvalue weighted by Gasteiger charge is 2.14. The SMILES string of the molecule is Nc1nc2cc(-c3ccc4c(c3)OCO4)ccn2n1. The Kier molecular flexibility index (Phi) is 1.94. The second-order valence-corrected chi connectivity index (χ2v) is 4.26. The molecule has 19 heavy (non-hydrogen) atoms. The first-order valence-electron chi connectivity index (χ1n) is 5.81. The molecule has 0 saturated heterocycles. The molecule has 0 fully saturated rings. The van der Waals surface area contributed by atoms with E-state index in [1.807, 2.05) is 36.5 Å². The first-order chi connectivity index (χ1) is 9.29. The van der Waals surface area contributed by atoms with Gasteiger partial charge in [0, 0.05) is 6.20 Å². The lowest BCUT2D eigenvalue weighted by Crippen LogP contribution is -1.92. The van der Waals surface area contributed by atoms with E-state index in [9.17, 15) is 0 Å². The van der Waals surface area contributed by atoms with E-state index >= 15 is 0 Å². The second-order valence-electron chi connectivity index (χ2n) is 4.26. The quantitative estimate of drug-likeness (QED) is 0.715. The summed E-state index contributed by atoms with van der Waals surface area (Å²) in [5, 5.41) is 4.04. The van der Waals surface area contributed by atoms with Gasteiger partial charge in [-0.3, -0.25) is 0 Å². The molecule has 2 N–H and O–H groups in total. The van der Waals surface area contributed by atoms with Gasteiger partial charge in [0.15, 0.2) is 17.1 Å². The molecule has 1 aromatic carbocycles. The third-order valence-electron chi connectivity index (χ3n) is 3.06. The van der Waals surface area contributed by atoms with Crippen molar-refractivity contribution in [3.63, 3.8) is 0 Å². The Bertz CT molecular complexity index is 781. The van der Waals surface area contributed by atoms with Gasteiger partial charge in [-0.2, -0.15) is 4.98 Å². The van der Waals surface area contributed by atoms with Gasteiger partial charge in [0.1, 0.15) is 0 Å². The summed E-state index contributed by atoms with van der Waals surface area (Å²) in [6.45, 7) is 0.276. The normalized spacial score (nSPS) is 13.1. The van der Waals surface area contributed by atoms with Crippen LogP contribution >= 0.6 is 0 Å². The lowest BCUT2D eigenvalue weighted by Gasteiger charge is -2.03. The van der Waals surface area contributed by atoms with Crippen LogP contribution in [0.1, 0.15) is 0 Å². The minimum Gasteiger partial charge on any atom is -0.454 e. The van der Waals surface area contributed by atoms with Crippen LogP contribution in [0.4, 0.5) is 5.95 Å². The average molecular weight is 254 g/mol. The Labute approximate surface area is 108 Å². The number of anilines is 1. The van der Waals surface area contributed by atoms with Crippen molar-refractivity contribution in [1.82, 2.24) is 14.6 Å². The van der Waals surface area contributed by atoms with Gasteiger partial charge < -0.3 is 15.2 Å². The molecule has 0 saturated carbocycles. The Morgan fingerprint density at radius 1 is 1.05 bits per heavy atom. The van der Waals surface area contributed by atoms with E-state index in [2.05, 4.69) is 10.1 Å². The lowest BCUT2D eigenvalue weighted by atomic mass is 10.1. The van der Waals surface area contributed by atoms with E-state index in [4.69, 9.17) is 15.2 Å². The third kappa shape index (κ3) is 1.57. The smallest absolute Gasteiger partial charge is 0.240 e. The minimum absolute atomic E-state index is 0.267. The number of nitrogens with zero attached hydrogens (tertiary/aromatic N) is 3. The number of pyridine rings is 1. The van der Waals surface area contributed by atoms with Gasteiger partial charge in [0.05, 0.1) is 0 Å². The van der Waals surface area contributed by atoms with Crippen molar-refractivity contribution >= 4 is 11.6 Å². The molecule has 1 aliphatic rings. The Balaban J connectivity index is 1.85. The number of rotatable bonds is 1. The second kappa shape index (κ2) is 3.61. The fourth-order valence-electron chi connectivity index (χ4n) is 2.15. The molecule has 0 amide bonds. The molecule has 6 nitrogen and oxygen atoms in total. The first kappa shape index (κ1) is 10.2. The largest absolute Gasteiger partial charge is 0.454 e. The summed E-state index contributed by atoms with van der Waals surface area (Å²) in [5.74, 6) is 1.80. The topological polar surface area (TPSA) is 74.7 Å². The van der Waals surface area contributed by atoms with Gasteiger partial charge in [-0.1, -0.05) is 6.07 Å². The van der Waals surface area contributed by atoms with E-state index in [1.54, 1.807) is 4.52 Å². The summed E-state index contributed by atoms with van der Waals surface area (Å²) in [5.41, 5.74) is 8.35. The molecular weight excluding hydrogens is 244 g/mol. The summed E-state index contributed by atoms with van der Waals surface area (Å²) >= 11 is 0. The van der Waals surface area contributed by atoms with Gasteiger partial charge in [-0.15, -0.1) is 5.10 Å². The number of hydrogen-bond acceptors (Lipinski definition) is 5. The summed E-state index contributed by atoms with van der Waals surface area (Å²) in [6.07, 6.45) is 1.83. The number of nitrogen functional groups attached to an aromatic ring is 1. The molecule has 0 unspecified atom stereocenters. The molecule has 94 valence electrons. The van der Waals surface area contributed by atoms with Crippen molar-refractivity contribution in [2.24, 2.45) is 0 Å². The molecule has 0 atom stereocenters. The van der Waals surface area contributed by atoms with Crippen LogP contribution in [0.15, 0.2) is 36.5 Å². The molecule has 3 aromatic rings. The zero-order valence-corrected chi connectivity index (χ0v) is 9.91. The van der Waals surface area contributed by atoms with Gasteiger partial charge in [-0.05, 0) is 35.4 Å². The van der Waals surface area contributed by atoms with Crippen LogP contribution in [0.5, 0.6) is 11.5 Å². The molecule has 1 aliphatic heterocycles. The van der Waals surface area contributed by atoms with Gasteiger partial charge in [0.2, 0.25) is 12.7 Å². The number of benzene rings is 1. The standard InChI is InChI=1S/C13H10N4O2/c14-13-15-12-6-9(3-4-17(12)16-13)8-1-2-10-11(5-8)19-7-18-10/h1-6H,7H2,(H2,14,16). The lowest BCUT2D eigenvalue weighted by molar-refractivity contribution is 0.174. The molecule has 6 heteroatoms. The zero-order valence-electron chi connectivity index (χ0n) is 9.91. The third-order valence-corrected chi connectivity index (χ3v) is 3.06. The van der Waals surface area contributed by atoms with Crippen LogP contribution in [0.2, 0.25) is 0 Å². The maximum Gasteiger partial charge on any atom is 0.240 e. The van der Waals surface area contributed by atoms with E-state index in [0.717, 1.165) is 22.6 Å². The van der Waals surface area contributed by atoms with E-state index in [0.29, 0.717) is 5.65 Å². The molecule has 0 bridgehead atoms. The van der Waals surface area contributed by atoms with Crippen molar-refractivity contribution in [3.05, 3.63) is 36.5 Å². The number of hydrogen-bond donors (Lipinski definition) is 1. The predicted molar refractivity (Wildman–Crippen MR) is 69.0 cm³/mol. The molecule has 0 aliphatic carbocycles. The number of ether oxygens (including phenoxy) is 2. The van der Waals surface area contributed by atoms with Crippen LogP contribution in [-0.4, -0.2) is 21.4 Å². The fraction of sp³-hybridized carbons (Fsp3) is 0.0769. The van der Waals surface area contributed by atoms with Gasteiger partial charge in [-0.25, -0.2) is 4.52 Å². The first-order valence-corrected chi connectivity index (χ1v) is 5.81. The summed E-state index contributed by atoms with van der Waals surface area (Å²) in [4.78, 5) is 4.15. The van der Waals surface area contributed by atoms with Crippen molar-refractivity contribution in [2.45, 2.75) is 0 Å². The summed E-state index contributed by atoms with van der Waals surface area (Å²) < 4.78 is 12.3. The highest BCUT2D eigenvalue weighted by molar-refractivity contribution is 5.70.